The second-order valence-corrected chi connectivity index (χ2v) is 7.92. The molecule has 0 aliphatic heterocycles. The van der Waals surface area contributed by atoms with Crippen molar-refractivity contribution >= 4 is 16.8 Å². The molecule has 1 fully saturated rings. The highest BCUT2D eigenvalue weighted by atomic mass is 16.1. The van der Waals surface area contributed by atoms with Gasteiger partial charge < -0.3 is 5.32 Å². The minimum absolute atomic E-state index is 0.0123. The Morgan fingerprint density at radius 1 is 1.15 bits per heavy atom. The Morgan fingerprint density at radius 3 is 2.85 bits per heavy atom. The van der Waals surface area contributed by atoms with Crippen LogP contribution in [0.3, 0.4) is 0 Å². The van der Waals surface area contributed by atoms with Gasteiger partial charge in [-0.2, -0.15) is 0 Å². The van der Waals surface area contributed by atoms with Crippen LogP contribution in [0.2, 0.25) is 0 Å². The zero-order chi connectivity index (χ0) is 18.6. The highest BCUT2D eigenvalue weighted by Gasteiger charge is 2.35. The van der Waals surface area contributed by atoms with E-state index in [1.807, 2.05) is 24.3 Å². The van der Waals surface area contributed by atoms with Gasteiger partial charge >= 0.3 is 0 Å². The third kappa shape index (κ3) is 4.12. The normalized spacial score (nSPS) is 23.2. The summed E-state index contributed by atoms with van der Waals surface area (Å²) in [6, 6.07) is 7.42. The van der Waals surface area contributed by atoms with Crippen LogP contribution in [0, 0.1) is 17.8 Å². The molecule has 2 bridgehead atoms. The Hall–Kier alpha value is -2.43. The number of hydrogen-bond donors (Lipinski definition) is 1. The highest BCUT2D eigenvalue weighted by molar-refractivity contribution is 5.77. The molecule has 3 atom stereocenters. The van der Waals surface area contributed by atoms with Crippen LogP contribution >= 0.6 is 0 Å². The molecule has 1 saturated carbocycles. The van der Waals surface area contributed by atoms with E-state index in [2.05, 4.69) is 22.5 Å². The Kier molecular flexibility index (Phi) is 5.37. The van der Waals surface area contributed by atoms with Crippen LogP contribution in [0.4, 0.5) is 0 Å². The lowest BCUT2D eigenvalue weighted by Crippen LogP contribution is -2.30. The van der Waals surface area contributed by atoms with Gasteiger partial charge in [-0.05, 0) is 55.6 Å². The summed E-state index contributed by atoms with van der Waals surface area (Å²) in [4.78, 5) is 28.8. The second-order valence-electron chi connectivity index (χ2n) is 7.92. The zero-order valence-corrected chi connectivity index (χ0v) is 15.6. The lowest BCUT2D eigenvalue weighted by molar-refractivity contribution is -0.121. The average molecular weight is 365 g/mol. The molecule has 2 aliphatic rings. The lowest BCUT2D eigenvalue weighted by Gasteiger charge is -2.18. The van der Waals surface area contributed by atoms with Crippen molar-refractivity contribution in [1.82, 2.24) is 14.9 Å². The molecule has 0 radical (unpaired) electrons. The first-order chi connectivity index (χ1) is 13.2. The van der Waals surface area contributed by atoms with Crippen molar-refractivity contribution < 1.29 is 4.79 Å². The number of aromatic nitrogens is 2. The average Bonchev–Trinajstić information content (AvgIpc) is 3.31. The van der Waals surface area contributed by atoms with E-state index in [9.17, 15) is 9.59 Å². The van der Waals surface area contributed by atoms with Gasteiger partial charge in [0.25, 0.3) is 5.56 Å². The van der Waals surface area contributed by atoms with E-state index in [0.29, 0.717) is 30.2 Å². The first-order valence-corrected chi connectivity index (χ1v) is 10.1. The number of para-hydroxylation sites is 1. The van der Waals surface area contributed by atoms with Crippen LogP contribution in [0.1, 0.15) is 38.5 Å². The number of carbonyl (C=O) groups is 1. The fourth-order valence-electron chi connectivity index (χ4n) is 4.47. The summed E-state index contributed by atoms with van der Waals surface area (Å²) in [6.07, 6.45) is 12.0. The van der Waals surface area contributed by atoms with Gasteiger partial charge in [0.2, 0.25) is 5.91 Å². The Balaban J connectivity index is 1.15. The number of hydrogen-bond acceptors (Lipinski definition) is 3. The maximum Gasteiger partial charge on any atom is 0.261 e. The topological polar surface area (TPSA) is 64.0 Å². The number of unbranched alkanes of at least 4 members (excludes halogenated alkanes) is 2. The van der Waals surface area contributed by atoms with Crippen LogP contribution in [-0.4, -0.2) is 22.0 Å². The van der Waals surface area contributed by atoms with Gasteiger partial charge in [0.05, 0.1) is 17.2 Å². The predicted octanol–water partition coefficient (Wildman–Crippen LogP) is 3.29. The number of amides is 1. The molecule has 2 aromatic rings. The lowest BCUT2D eigenvalue weighted by atomic mass is 9.93. The molecule has 1 N–H and O–H groups in total. The summed E-state index contributed by atoms with van der Waals surface area (Å²) < 4.78 is 1.67. The summed E-state index contributed by atoms with van der Waals surface area (Å²) in [7, 11) is 0. The quantitative estimate of drug-likeness (QED) is 0.577. The van der Waals surface area contributed by atoms with Crippen molar-refractivity contribution in [2.24, 2.45) is 17.8 Å². The van der Waals surface area contributed by atoms with E-state index in [0.717, 1.165) is 37.2 Å². The first kappa shape index (κ1) is 18.0. The van der Waals surface area contributed by atoms with E-state index >= 15 is 0 Å². The van der Waals surface area contributed by atoms with Crippen LogP contribution in [0.5, 0.6) is 0 Å². The maximum absolute atomic E-state index is 12.4. The van der Waals surface area contributed by atoms with Crippen molar-refractivity contribution in [1.29, 1.82) is 0 Å². The number of carbonyl (C=O) groups excluding carboxylic acids is 1. The van der Waals surface area contributed by atoms with E-state index < -0.39 is 0 Å². The highest BCUT2D eigenvalue weighted by Crippen LogP contribution is 2.42. The monoisotopic (exact) mass is 365 g/mol. The smallest absolute Gasteiger partial charge is 0.261 e. The second kappa shape index (κ2) is 8.07. The summed E-state index contributed by atoms with van der Waals surface area (Å²) in [5, 5.41) is 3.77. The van der Waals surface area contributed by atoms with Gasteiger partial charge in [-0.25, -0.2) is 4.98 Å². The number of allylic oxidation sites excluding steroid dienone is 2. The number of nitrogens with one attached hydrogen (secondary N) is 1. The van der Waals surface area contributed by atoms with Gasteiger partial charge in [-0.15, -0.1) is 0 Å². The van der Waals surface area contributed by atoms with Crippen LogP contribution in [0.25, 0.3) is 10.9 Å². The molecule has 4 rings (SSSR count). The molecule has 0 unspecified atom stereocenters. The van der Waals surface area contributed by atoms with Crippen molar-refractivity contribution in [2.75, 3.05) is 6.54 Å². The number of nitrogens with zero attached hydrogens (tertiary/aromatic N) is 2. The summed E-state index contributed by atoms with van der Waals surface area (Å²) in [5.41, 5.74) is 0.750. The minimum atomic E-state index is 0.0123. The SMILES string of the molecule is O=C(CCCCCn1cnc2ccccc2c1=O)NC[C@@H]1C[C@H]2C=C[C@H]1C2. The van der Waals surface area contributed by atoms with Crippen molar-refractivity contribution in [3.63, 3.8) is 0 Å². The predicted molar refractivity (Wildman–Crippen MR) is 106 cm³/mol. The minimum Gasteiger partial charge on any atom is -0.356 e. The number of aryl methyl sites for hydroxylation is 1. The molecule has 2 aliphatic carbocycles. The molecule has 1 heterocycles. The van der Waals surface area contributed by atoms with Crippen LogP contribution in [0.15, 0.2) is 47.5 Å². The Bertz CT molecular complexity index is 902. The Labute approximate surface area is 159 Å². The zero-order valence-electron chi connectivity index (χ0n) is 15.6. The van der Waals surface area contributed by atoms with Gasteiger partial charge in [0.1, 0.15) is 0 Å². The molecule has 0 spiro atoms. The molecule has 5 heteroatoms. The molecule has 142 valence electrons. The standard InChI is InChI=1S/C22H27N3O2/c26-21(23-14-18-13-16-9-10-17(18)12-16)8-2-1-5-11-25-15-24-20-7-4-3-6-19(20)22(25)27/h3-4,6-7,9-10,15-18H,1-2,5,8,11-14H2,(H,23,26)/t16-,17-,18-/m0/s1. The third-order valence-electron chi connectivity index (χ3n) is 6.01. The van der Waals surface area contributed by atoms with Crippen LogP contribution in [-0.2, 0) is 11.3 Å². The van der Waals surface area contributed by atoms with Crippen molar-refractivity contribution in [2.45, 2.75) is 45.1 Å². The number of fused-ring (bicyclic) bond motifs is 3. The fourth-order valence-corrected chi connectivity index (χ4v) is 4.47. The maximum atomic E-state index is 12.4. The van der Waals surface area contributed by atoms with Crippen molar-refractivity contribution in [3.8, 4) is 0 Å². The largest absolute Gasteiger partial charge is 0.356 e. The molecule has 0 saturated heterocycles. The fraction of sp³-hybridized carbons (Fsp3) is 0.500. The number of rotatable bonds is 8. The molecule has 5 nitrogen and oxygen atoms in total. The molecular formula is C22H27N3O2. The van der Waals surface area contributed by atoms with Crippen molar-refractivity contribution in [3.05, 3.63) is 53.1 Å². The van der Waals surface area contributed by atoms with E-state index in [1.54, 1.807) is 10.9 Å². The molecule has 1 aromatic heterocycles. The summed E-state index contributed by atoms with van der Waals surface area (Å²) in [6.45, 7) is 1.47. The third-order valence-corrected chi connectivity index (χ3v) is 6.01. The van der Waals surface area contributed by atoms with E-state index in [-0.39, 0.29) is 11.5 Å². The summed E-state index contributed by atoms with van der Waals surface area (Å²) in [5.74, 6) is 2.23. The van der Waals surface area contributed by atoms with Gasteiger partial charge in [0, 0.05) is 19.5 Å². The molecular weight excluding hydrogens is 338 g/mol. The first-order valence-electron chi connectivity index (χ1n) is 10.1. The molecule has 1 aromatic carbocycles. The Morgan fingerprint density at radius 2 is 2.04 bits per heavy atom. The molecule has 1 amide bonds. The summed E-state index contributed by atoms with van der Waals surface area (Å²) >= 11 is 0. The van der Waals surface area contributed by atoms with E-state index in [1.165, 1.54) is 12.8 Å². The van der Waals surface area contributed by atoms with Gasteiger partial charge in [-0.3, -0.25) is 14.2 Å². The van der Waals surface area contributed by atoms with E-state index in [4.69, 9.17) is 0 Å². The van der Waals surface area contributed by atoms with Gasteiger partial charge in [-0.1, -0.05) is 30.7 Å². The molecule has 27 heavy (non-hydrogen) atoms. The van der Waals surface area contributed by atoms with Gasteiger partial charge in [0.15, 0.2) is 0 Å². The van der Waals surface area contributed by atoms with Crippen LogP contribution < -0.4 is 10.9 Å². The number of benzene rings is 1.